The van der Waals surface area contributed by atoms with Crippen molar-refractivity contribution in [3.05, 3.63) is 93.0 Å². The van der Waals surface area contributed by atoms with E-state index in [0.717, 1.165) is 0 Å². The van der Waals surface area contributed by atoms with E-state index in [4.69, 9.17) is 37.8 Å². The van der Waals surface area contributed by atoms with Crippen molar-refractivity contribution in [3.8, 4) is 17.6 Å². The number of halogens is 2. The van der Waals surface area contributed by atoms with Crippen LogP contribution in [0.5, 0.6) is 11.5 Å². The number of allylic oxidation sites excluding steroid dienone is 1. The Labute approximate surface area is 196 Å². The lowest BCUT2D eigenvalue weighted by molar-refractivity contribution is 0.0696. The molecule has 0 atom stereocenters. The highest BCUT2D eigenvalue weighted by Gasteiger charge is 2.14. The van der Waals surface area contributed by atoms with Gasteiger partial charge in [-0.1, -0.05) is 53.5 Å². The van der Waals surface area contributed by atoms with Crippen LogP contribution in [-0.2, 0) is 6.61 Å². The van der Waals surface area contributed by atoms with Gasteiger partial charge in [0, 0.05) is 10.6 Å². The Balaban J connectivity index is 1.93. The molecule has 0 aliphatic rings. The summed E-state index contributed by atoms with van der Waals surface area (Å²) in [4.78, 5) is 11.2. The van der Waals surface area contributed by atoms with Crippen LogP contribution in [0.1, 0.15) is 34.0 Å². The van der Waals surface area contributed by atoms with Crippen LogP contribution in [0.3, 0.4) is 0 Å². The fourth-order valence-corrected chi connectivity index (χ4v) is 3.55. The predicted octanol–water partition coefficient (Wildman–Crippen LogP) is 6.73. The predicted molar refractivity (Wildman–Crippen MR) is 125 cm³/mol. The fraction of sp³-hybridized carbons (Fsp3) is 0.120. The molecular formula is C25H19Cl2NO4. The van der Waals surface area contributed by atoms with E-state index < -0.39 is 5.97 Å². The molecular weight excluding hydrogens is 449 g/mol. The van der Waals surface area contributed by atoms with Crippen LogP contribution >= 0.6 is 23.2 Å². The van der Waals surface area contributed by atoms with Crippen molar-refractivity contribution >= 4 is 40.8 Å². The van der Waals surface area contributed by atoms with Gasteiger partial charge in [-0.3, -0.25) is 0 Å². The van der Waals surface area contributed by atoms with Crippen molar-refractivity contribution in [1.82, 2.24) is 0 Å². The monoisotopic (exact) mass is 467 g/mol. The minimum Gasteiger partial charge on any atom is -0.490 e. The van der Waals surface area contributed by atoms with Gasteiger partial charge in [0.25, 0.3) is 0 Å². The van der Waals surface area contributed by atoms with Crippen LogP contribution in [0.25, 0.3) is 11.6 Å². The average molecular weight is 468 g/mol. The SMILES string of the molecule is CCOc1cc(C=C(C#N)c2ccccc2Cl)cc(Cl)c1OCc1cccc(C(=O)O)c1. The van der Waals surface area contributed by atoms with Gasteiger partial charge in [0.15, 0.2) is 11.5 Å². The second kappa shape index (κ2) is 10.7. The molecule has 0 spiro atoms. The molecule has 3 aromatic rings. The van der Waals surface area contributed by atoms with Crippen molar-refractivity contribution in [3.63, 3.8) is 0 Å². The van der Waals surface area contributed by atoms with Crippen molar-refractivity contribution in [2.45, 2.75) is 13.5 Å². The van der Waals surface area contributed by atoms with E-state index in [-0.39, 0.29) is 12.2 Å². The molecule has 0 saturated heterocycles. The van der Waals surface area contributed by atoms with Gasteiger partial charge in [0.2, 0.25) is 0 Å². The third-order valence-corrected chi connectivity index (χ3v) is 5.09. The zero-order chi connectivity index (χ0) is 23.1. The van der Waals surface area contributed by atoms with Gasteiger partial charge in [-0.25, -0.2) is 4.79 Å². The van der Waals surface area contributed by atoms with Crippen molar-refractivity contribution in [2.24, 2.45) is 0 Å². The molecule has 1 N–H and O–H groups in total. The van der Waals surface area contributed by atoms with Crippen LogP contribution in [-0.4, -0.2) is 17.7 Å². The summed E-state index contributed by atoms with van der Waals surface area (Å²) >= 11 is 12.7. The zero-order valence-electron chi connectivity index (χ0n) is 17.1. The van der Waals surface area contributed by atoms with Gasteiger partial charge in [-0.15, -0.1) is 0 Å². The van der Waals surface area contributed by atoms with Crippen LogP contribution in [0, 0.1) is 11.3 Å². The Kier molecular flexibility index (Phi) is 7.77. The van der Waals surface area contributed by atoms with Gasteiger partial charge in [0.05, 0.1) is 28.8 Å². The first-order valence-corrected chi connectivity index (χ1v) is 10.5. The number of ether oxygens (including phenoxy) is 2. The quantitative estimate of drug-likeness (QED) is 0.293. The van der Waals surface area contributed by atoms with Crippen LogP contribution < -0.4 is 9.47 Å². The summed E-state index contributed by atoms with van der Waals surface area (Å²) in [7, 11) is 0. The number of hydrogen-bond donors (Lipinski definition) is 1. The second-order valence-corrected chi connectivity index (χ2v) is 7.52. The lowest BCUT2D eigenvalue weighted by Gasteiger charge is -2.15. The van der Waals surface area contributed by atoms with Crippen molar-refractivity contribution in [1.29, 1.82) is 5.26 Å². The van der Waals surface area contributed by atoms with Gasteiger partial charge in [0.1, 0.15) is 6.61 Å². The zero-order valence-corrected chi connectivity index (χ0v) is 18.7. The summed E-state index contributed by atoms with van der Waals surface area (Å²) in [5.41, 5.74) is 2.50. The summed E-state index contributed by atoms with van der Waals surface area (Å²) in [6, 6.07) is 19.1. The Hall–Kier alpha value is -3.46. The van der Waals surface area contributed by atoms with Crippen LogP contribution in [0.15, 0.2) is 60.7 Å². The fourth-order valence-electron chi connectivity index (χ4n) is 3.04. The average Bonchev–Trinajstić information content (AvgIpc) is 2.78. The number of carbonyl (C=O) groups is 1. The summed E-state index contributed by atoms with van der Waals surface area (Å²) in [5, 5.41) is 19.6. The maximum absolute atomic E-state index is 11.2. The van der Waals surface area contributed by atoms with Crippen molar-refractivity contribution < 1.29 is 19.4 Å². The number of carboxylic acid groups (broad SMARTS) is 1. The van der Waals surface area contributed by atoms with Crippen LogP contribution in [0.4, 0.5) is 0 Å². The third kappa shape index (κ3) is 5.61. The third-order valence-electron chi connectivity index (χ3n) is 4.48. The number of nitrogens with zero attached hydrogens (tertiary/aromatic N) is 1. The van der Waals surface area contributed by atoms with E-state index in [1.165, 1.54) is 12.1 Å². The van der Waals surface area contributed by atoms with E-state index in [1.54, 1.807) is 54.6 Å². The van der Waals surface area contributed by atoms with E-state index in [0.29, 0.717) is 50.4 Å². The number of hydrogen-bond acceptors (Lipinski definition) is 4. The standard InChI is InChI=1S/C25H19Cl2NO4/c1-2-31-23-13-17(11-19(14-28)20-8-3-4-9-21(20)26)12-22(27)24(23)32-15-16-6-5-7-18(10-16)25(29)30/h3-13H,2,15H2,1H3,(H,29,30). The molecule has 0 amide bonds. The number of aromatic carboxylic acids is 1. The molecule has 32 heavy (non-hydrogen) atoms. The first kappa shape index (κ1) is 23.2. The second-order valence-electron chi connectivity index (χ2n) is 6.71. The lowest BCUT2D eigenvalue weighted by Crippen LogP contribution is -2.02. The number of rotatable bonds is 8. The minimum absolute atomic E-state index is 0.110. The highest BCUT2D eigenvalue weighted by molar-refractivity contribution is 6.33. The first-order chi connectivity index (χ1) is 15.4. The Morgan fingerprint density at radius 2 is 1.84 bits per heavy atom. The molecule has 3 rings (SSSR count). The molecule has 0 radical (unpaired) electrons. The van der Waals surface area contributed by atoms with Gasteiger partial charge >= 0.3 is 5.97 Å². The topological polar surface area (TPSA) is 79.5 Å². The molecule has 162 valence electrons. The Morgan fingerprint density at radius 3 is 2.53 bits per heavy atom. The first-order valence-electron chi connectivity index (χ1n) is 9.71. The molecule has 0 aliphatic carbocycles. The highest BCUT2D eigenvalue weighted by atomic mass is 35.5. The number of carboxylic acids is 1. The Morgan fingerprint density at radius 1 is 1.06 bits per heavy atom. The highest BCUT2D eigenvalue weighted by Crippen LogP contribution is 2.38. The molecule has 5 nitrogen and oxygen atoms in total. The molecule has 0 fully saturated rings. The van der Waals surface area contributed by atoms with Crippen LogP contribution in [0.2, 0.25) is 10.0 Å². The van der Waals surface area contributed by atoms with Gasteiger partial charge in [-0.05, 0) is 54.5 Å². The van der Waals surface area contributed by atoms with E-state index >= 15 is 0 Å². The van der Waals surface area contributed by atoms with Gasteiger partial charge < -0.3 is 14.6 Å². The minimum atomic E-state index is -1.01. The van der Waals surface area contributed by atoms with E-state index in [9.17, 15) is 10.1 Å². The lowest BCUT2D eigenvalue weighted by atomic mass is 10.0. The molecule has 0 bridgehead atoms. The molecule has 0 saturated carbocycles. The van der Waals surface area contributed by atoms with Crippen molar-refractivity contribution in [2.75, 3.05) is 6.61 Å². The van der Waals surface area contributed by atoms with E-state index in [1.807, 2.05) is 6.92 Å². The number of nitriles is 1. The maximum atomic E-state index is 11.2. The summed E-state index contributed by atoms with van der Waals surface area (Å²) < 4.78 is 11.6. The summed E-state index contributed by atoms with van der Waals surface area (Å²) in [6.45, 7) is 2.32. The van der Waals surface area contributed by atoms with E-state index in [2.05, 4.69) is 6.07 Å². The molecule has 3 aromatic carbocycles. The molecule has 0 aliphatic heterocycles. The molecule has 0 aromatic heterocycles. The summed E-state index contributed by atoms with van der Waals surface area (Å²) in [5.74, 6) is -0.262. The maximum Gasteiger partial charge on any atom is 0.335 e. The largest absolute Gasteiger partial charge is 0.490 e. The Bertz CT molecular complexity index is 1210. The summed E-state index contributed by atoms with van der Waals surface area (Å²) in [6.07, 6.45) is 1.68. The molecule has 0 unspecified atom stereocenters. The molecule has 7 heteroatoms. The normalized spacial score (nSPS) is 11.0. The van der Waals surface area contributed by atoms with Gasteiger partial charge in [-0.2, -0.15) is 5.26 Å². The molecule has 0 heterocycles. The smallest absolute Gasteiger partial charge is 0.335 e. The number of benzene rings is 3.